The number of hydrogen-bond donors (Lipinski definition) is 2. The minimum Gasteiger partial charge on any atom is -0.394 e. The maximum Gasteiger partial charge on any atom is 0.101 e. The van der Waals surface area contributed by atoms with Gasteiger partial charge in [0.2, 0.25) is 0 Å². The molecule has 19 heavy (non-hydrogen) atoms. The molecule has 0 spiro atoms. The molecular weight excluding hydrogens is 252 g/mol. The molecular formula is C13H28O6. The summed E-state index contributed by atoms with van der Waals surface area (Å²) in [6.07, 6.45) is -0.962. The fourth-order valence-corrected chi connectivity index (χ4v) is 1.26. The summed E-state index contributed by atoms with van der Waals surface area (Å²) in [6.45, 7) is 6.93. The third-order valence-electron chi connectivity index (χ3n) is 2.42. The van der Waals surface area contributed by atoms with Gasteiger partial charge in [-0.15, -0.1) is 0 Å². The zero-order valence-corrected chi connectivity index (χ0v) is 12.4. The van der Waals surface area contributed by atoms with Gasteiger partial charge in [0, 0.05) is 7.11 Å². The van der Waals surface area contributed by atoms with E-state index in [1.54, 1.807) is 6.92 Å². The predicted molar refractivity (Wildman–Crippen MR) is 71.2 cm³/mol. The number of hydrogen-bond acceptors (Lipinski definition) is 6. The lowest BCUT2D eigenvalue weighted by Gasteiger charge is -2.20. The van der Waals surface area contributed by atoms with Crippen molar-refractivity contribution in [1.29, 1.82) is 0 Å². The maximum atomic E-state index is 9.41. The first kappa shape index (κ1) is 18.8. The van der Waals surface area contributed by atoms with E-state index in [2.05, 4.69) is 0 Å². The van der Waals surface area contributed by atoms with Gasteiger partial charge >= 0.3 is 0 Å². The Morgan fingerprint density at radius 1 is 0.789 bits per heavy atom. The average Bonchev–Trinajstić information content (AvgIpc) is 2.40. The maximum absolute atomic E-state index is 9.41. The van der Waals surface area contributed by atoms with Crippen molar-refractivity contribution in [1.82, 2.24) is 0 Å². The number of rotatable bonds is 12. The van der Waals surface area contributed by atoms with Crippen LogP contribution >= 0.6 is 0 Å². The van der Waals surface area contributed by atoms with Gasteiger partial charge in [-0.05, 0) is 20.8 Å². The van der Waals surface area contributed by atoms with Gasteiger partial charge in [-0.1, -0.05) is 0 Å². The summed E-state index contributed by atoms with van der Waals surface area (Å²) in [5.74, 6) is 0. The molecule has 6 heteroatoms. The lowest BCUT2D eigenvalue weighted by molar-refractivity contribution is -0.0890. The first-order valence-electron chi connectivity index (χ1n) is 6.62. The Hall–Kier alpha value is -0.240. The summed E-state index contributed by atoms with van der Waals surface area (Å²) in [7, 11) is 1.53. The topological polar surface area (TPSA) is 77.4 Å². The molecule has 0 rings (SSSR count). The molecule has 4 unspecified atom stereocenters. The monoisotopic (exact) mass is 280 g/mol. The van der Waals surface area contributed by atoms with Crippen molar-refractivity contribution in [2.24, 2.45) is 0 Å². The molecule has 6 nitrogen and oxygen atoms in total. The molecule has 0 bridgehead atoms. The van der Waals surface area contributed by atoms with Crippen LogP contribution < -0.4 is 0 Å². The highest BCUT2D eigenvalue weighted by molar-refractivity contribution is 4.57. The molecule has 0 aromatic carbocycles. The molecule has 0 saturated carbocycles. The highest BCUT2D eigenvalue weighted by Crippen LogP contribution is 2.00. The molecule has 0 heterocycles. The summed E-state index contributed by atoms with van der Waals surface area (Å²) in [5.41, 5.74) is 0. The summed E-state index contributed by atoms with van der Waals surface area (Å²) in [5, 5.41) is 18.2. The van der Waals surface area contributed by atoms with Crippen molar-refractivity contribution < 1.29 is 29.2 Å². The van der Waals surface area contributed by atoms with Gasteiger partial charge < -0.3 is 29.2 Å². The number of aliphatic hydroxyl groups excluding tert-OH is 2. The van der Waals surface area contributed by atoms with Crippen LogP contribution in [0.3, 0.4) is 0 Å². The van der Waals surface area contributed by atoms with E-state index >= 15 is 0 Å². The number of methoxy groups -OCH3 is 1. The van der Waals surface area contributed by atoms with E-state index in [1.165, 1.54) is 7.11 Å². The number of ether oxygens (including phenoxy) is 4. The van der Waals surface area contributed by atoms with Crippen LogP contribution in [0.1, 0.15) is 20.8 Å². The van der Waals surface area contributed by atoms with Gasteiger partial charge in [0.1, 0.15) is 6.10 Å². The minimum atomic E-state index is -0.612. The second-order valence-electron chi connectivity index (χ2n) is 4.72. The van der Waals surface area contributed by atoms with Crippen LogP contribution in [0.4, 0.5) is 0 Å². The highest BCUT2D eigenvalue weighted by atomic mass is 16.6. The molecule has 0 aromatic heterocycles. The molecule has 0 aliphatic carbocycles. The number of aliphatic hydroxyl groups is 2. The van der Waals surface area contributed by atoms with Crippen LogP contribution in [-0.2, 0) is 18.9 Å². The molecule has 0 amide bonds. The van der Waals surface area contributed by atoms with Gasteiger partial charge in [0.05, 0.1) is 51.3 Å². The zero-order chi connectivity index (χ0) is 14.7. The normalized spacial score (nSPS) is 18.0. The van der Waals surface area contributed by atoms with E-state index in [0.717, 1.165) is 0 Å². The predicted octanol–water partition coefficient (Wildman–Crippen LogP) is 0.201. The van der Waals surface area contributed by atoms with Crippen LogP contribution in [0, 0.1) is 0 Å². The highest BCUT2D eigenvalue weighted by Gasteiger charge is 2.11. The Morgan fingerprint density at radius 2 is 1.26 bits per heavy atom. The van der Waals surface area contributed by atoms with E-state index in [-0.39, 0.29) is 38.1 Å². The van der Waals surface area contributed by atoms with E-state index in [0.29, 0.717) is 13.2 Å². The van der Waals surface area contributed by atoms with Crippen LogP contribution in [0.5, 0.6) is 0 Å². The largest absolute Gasteiger partial charge is 0.394 e. The molecule has 116 valence electrons. The van der Waals surface area contributed by atoms with Crippen LogP contribution in [0.25, 0.3) is 0 Å². The van der Waals surface area contributed by atoms with E-state index in [4.69, 9.17) is 24.1 Å². The molecule has 4 atom stereocenters. The Balaban J connectivity index is 3.57. The third-order valence-corrected chi connectivity index (χ3v) is 2.42. The van der Waals surface area contributed by atoms with Crippen LogP contribution in [-0.4, -0.2) is 74.8 Å². The Bertz CT molecular complexity index is 202. The van der Waals surface area contributed by atoms with E-state index in [9.17, 15) is 5.11 Å². The lowest BCUT2D eigenvalue weighted by atomic mass is 10.3. The Morgan fingerprint density at radius 3 is 1.74 bits per heavy atom. The quantitative estimate of drug-likeness (QED) is 0.532. The lowest BCUT2D eigenvalue weighted by Crippen LogP contribution is -2.29. The first-order valence-corrected chi connectivity index (χ1v) is 6.62. The van der Waals surface area contributed by atoms with Crippen LogP contribution in [0.2, 0.25) is 0 Å². The summed E-state index contributed by atoms with van der Waals surface area (Å²) < 4.78 is 21.1. The summed E-state index contributed by atoms with van der Waals surface area (Å²) in [6, 6.07) is 0. The third kappa shape index (κ3) is 11.3. The van der Waals surface area contributed by atoms with Crippen LogP contribution in [0.15, 0.2) is 0 Å². The van der Waals surface area contributed by atoms with Gasteiger partial charge in [-0.2, -0.15) is 0 Å². The van der Waals surface area contributed by atoms with Crippen molar-refractivity contribution in [2.75, 3.05) is 40.1 Å². The molecule has 0 aliphatic rings. The summed E-state index contributed by atoms with van der Waals surface area (Å²) in [4.78, 5) is 0. The minimum absolute atomic E-state index is 0.00359. The molecule has 0 saturated heterocycles. The van der Waals surface area contributed by atoms with Crippen molar-refractivity contribution in [3.05, 3.63) is 0 Å². The fraction of sp³-hybridized carbons (Fsp3) is 1.00. The van der Waals surface area contributed by atoms with Crippen molar-refractivity contribution in [3.63, 3.8) is 0 Å². The second-order valence-corrected chi connectivity index (χ2v) is 4.72. The average molecular weight is 280 g/mol. The second kappa shape index (κ2) is 11.6. The Kier molecular flexibility index (Phi) is 11.4. The first-order chi connectivity index (χ1) is 8.99. The van der Waals surface area contributed by atoms with Gasteiger partial charge in [-0.3, -0.25) is 0 Å². The van der Waals surface area contributed by atoms with E-state index in [1.807, 2.05) is 13.8 Å². The van der Waals surface area contributed by atoms with Crippen molar-refractivity contribution >= 4 is 0 Å². The van der Waals surface area contributed by atoms with E-state index < -0.39 is 6.10 Å². The standard InChI is InChI=1S/C13H28O6/c1-10(5-14)17-6-11(2)18-7-12(3)19-9-13(15)8-16-4/h10-15H,5-9H2,1-4H3. The van der Waals surface area contributed by atoms with Crippen molar-refractivity contribution in [3.8, 4) is 0 Å². The zero-order valence-electron chi connectivity index (χ0n) is 12.4. The van der Waals surface area contributed by atoms with Crippen molar-refractivity contribution in [2.45, 2.75) is 45.2 Å². The molecule has 2 N–H and O–H groups in total. The summed E-state index contributed by atoms with van der Waals surface area (Å²) >= 11 is 0. The van der Waals surface area contributed by atoms with Gasteiger partial charge in [0.15, 0.2) is 0 Å². The SMILES string of the molecule is COCC(O)COC(C)COC(C)COC(C)CO. The molecule has 0 radical (unpaired) electrons. The van der Waals surface area contributed by atoms with Gasteiger partial charge in [0.25, 0.3) is 0 Å². The fourth-order valence-electron chi connectivity index (χ4n) is 1.26. The molecule has 0 aliphatic heterocycles. The Labute approximate surface area is 115 Å². The molecule has 0 fully saturated rings. The van der Waals surface area contributed by atoms with Gasteiger partial charge in [-0.25, -0.2) is 0 Å². The smallest absolute Gasteiger partial charge is 0.101 e. The molecule has 0 aromatic rings.